The number of likely N-dealkylation sites (tertiary alicyclic amines) is 1. The maximum absolute atomic E-state index is 12.7. The van der Waals surface area contributed by atoms with Gasteiger partial charge in [0.25, 0.3) is 5.56 Å². The van der Waals surface area contributed by atoms with Gasteiger partial charge in [0.05, 0.1) is 31.4 Å². The molecule has 28 heavy (non-hydrogen) atoms. The average Bonchev–Trinajstić information content (AvgIpc) is 3.38. The number of anilines is 1. The largest absolute Gasteiger partial charge is 0.381 e. The molecule has 8 heteroatoms. The number of nitrogens with zero attached hydrogens (tertiary/aromatic N) is 3. The number of nitrogens with one attached hydrogen (secondary N) is 1. The van der Waals surface area contributed by atoms with Gasteiger partial charge in [-0.25, -0.2) is 4.98 Å². The van der Waals surface area contributed by atoms with E-state index in [1.165, 1.54) is 0 Å². The first-order valence-corrected chi connectivity index (χ1v) is 10.5. The molecule has 3 saturated heterocycles. The van der Waals surface area contributed by atoms with E-state index in [0.29, 0.717) is 32.4 Å². The number of amides is 1. The van der Waals surface area contributed by atoms with Crippen molar-refractivity contribution >= 4 is 11.9 Å². The summed E-state index contributed by atoms with van der Waals surface area (Å²) in [6, 6.07) is 0. The zero-order valence-electron chi connectivity index (χ0n) is 16.2. The molecule has 1 amide bonds. The Morgan fingerprint density at radius 3 is 2.57 bits per heavy atom. The Labute approximate surface area is 164 Å². The van der Waals surface area contributed by atoms with E-state index >= 15 is 0 Å². The second kappa shape index (κ2) is 7.15. The van der Waals surface area contributed by atoms with Crippen LogP contribution in [0.4, 0.5) is 5.95 Å². The number of aromatic amines is 1. The van der Waals surface area contributed by atoms with Gasteiger partial charge in [0.2, 0.25) is 11.9 Å². The maximum atomic E-state index is 12.7. The fourth-order valence-corrected chi connectivity index (χ4v) is 5.19. The first-order chi connectivity index (χ1) is 13.7. The van der Waals surface area contributed by atoms with Crippen LogP contribution in [0.1, 0.15) is 36.9 Å². The molecular formula is C20H28N4O4. The lowest BCUT2D eigenvalue weighted by Gasteiger charge is -2.40. The van der Waals surface area contributed by atoms with E-state index in [1.54, 1.807) is 0 Å². The van der Waals surface area contributed by atoms with Crippen molar-refractivity contribution in [1.29, 1.82) is 0 Å². The van der Waals surface area contributed by atoms with Crippen LogP contribution in [0.25, 0.3) is 0 Å². The summed E-state index contributed by atoms with van der Waals surface area (Å²) in [4.78, 5) is 37.5. The number of piperidine rings is 1. The Kier molecular flexibility index (Phi) is 4.63. The molecule has 152 valence electrons. The third kappa shape index (κ3) is 3.03. The predicted molar refractivity (Wildman–Crippen MR) is 103 cm³/mol. The van der Waals surface area contributed by atoms with Gasteiger partial charge in [-0.05, 0) is 32.1 Å². The van der Waals surface area contributed by atoms with Gasteiger partial charge in [0.1, 0.15) is 0 Å². The number of rotatable bonds is 2. The zero-order chi connectivity index (χ0) is 19.1. The van der Waals surface area contributed by atoms with Crippen LogP contribution >= 0.6 is 0 Å². The van der Waals surface area contributed by atoms with Crippen LogP contribution in [0.2, 0.25) is 0 Å². The first-order valence-electron chi connectivity index (χ1n) is 10.5. The minimum absolute atomic E-state index is 0.00461. The number of morpholine rings is 1. The molecule has 0 aromatic carbocycles. The third-order valence-corrected chi connectivity index (χ3v) is 6.98. The number of hydrogen-bond acceptors (Lipinski definition) is 6. The maximum Gasteiger partial charge on any atom is 0.255 e. The Morgan fingerprint density at radius 2 is 1.86 bits per heavy atom. The number of fused-ring (bicyclic) bond motifs is 2. The molecule has 1 spiro atoms. The van der Waals surface area contributed by atoms with E-state index in [-0.39, 0.29) is 22.8 Å². The topological polar surface area (TPSA) is 87.8 Å². The molecule has 4 aliphatic rings. The van der Waals surface area contributed by atoms with Gasteiger partial charge in [0, 0.05) is 43.8 Å². The number of H-pyrrole nitrogens is 1. The van der Waals surface area contributed by atoms with Crippen LogP contribution < -0.4 is 10.5 Å². The lowest BCUT2D eigenvalue weighted by Crippen LogP contribution is -2.47. The van der Waals surface area contributed by atoms with Crippen LogP contribution in [0.15, 0.2) is 4.79 Å². The minimum Gasteiger partial charge on any atom is -0.381 e. The SMILES string of the molecule is O=C(C1CCOC1)N1CCC2(CCc3c2nc(N2CCOCC2)[nH]c3=O)CC1. The summed E-state index contributed by atoms with van der Waals surface area (Å²) in [6.07, 6.45) is 4.35. The Morgan fingerprint density at radius 1 is 1.07 bits per heavy atom. The Balaban J connectivity index is 1.36. The molecule has 4 heterocycles. The fourth-order valence-electron chi connectivity index (χ4n) is 5.19. The smallest absolute Gasteiger partial charge is 0.255 e. The molecule has 0 saturated carbocycles. The summed E-state index contributed by atoms with van der Waals surface area (Å²) in [5.41, 5.74) is 1.77. The van der Waals surface area contributed by atoms with E-state index in [1.807, 2.05) is 4.90 Å². The average molecular weight is 388 g/mol. The van der Waals surface area contributed by atoms with Gasteiger partial charge in [-0.1, -0.05) is 0 Å². The molecular weight excluding hydrogens is 360 g/mol. The summed E-state index contributed by atoms with van der Waals surface area (Å²) in [5, 5.41) is 0. The van der Waals surface area contributed by atoms with Crippen LogP contribution in [0, 0.1) is 5.92 Å². The number of ether oxygens (including phenoxy) is 2. The third-order valence-electron chi connectivity index (χ3n) is 6.98. The van der Waals surface area contributed by atoms with E-state index < -0.39 is 0 Å². The first kappa shape index (κ1) is 18.1. The molecule has 1 atom stereocenters. The molecule has 1 N–H and O–H groups in total. The molecule has 8 nitrogen and oxygen atoms in total. The Hall–Kier alpha value is -1.93. The normalized spacial score (nSPS) is 26.6. The lowest BCUT2D eigenvalue weighted by atomic mass is 9.76. The second-order valence-corrected chi connectivity index (χ2v) is 8.48. The van der Waals surface area contributed by atoms with E-state index in [9.17, 15) is 9.59 Å². The number of hydrogen-bond donors (Lipinski definition) is 1. The van der Waals surface area contributed by atoms with Crippen molar-refractivity contribution < 1.29 is 14.3 Å². The molecule has 3 aliphatic heterocycles. The molecule has 3 fully saturated rings. The zero-order valence-corrected chi connectivity index (χ0v) is 16.2. The monoisotopic (exact) mass is 388 g/mol. The van der Waals surface area contributed by atoms with Crippen molar-refractivity contribution in [1.82, 2.24) is 14.9 Å². The van der Waals surface area contributed by atoms with Gasteiger partial charge < -0.3 is 19.3 Å². The number of carbonyl (C=O) groups is 1. The molecule has 1 unspecified atom stereocenters. The molecule has 1 aliphatic carbocycles. The molecule has 0 radical (unpaired) electrons. The van der Waals surface area contributed by atoms with Crippen molar-refractivity contribution in [3.8, 4) is 0 Å². The minimum atomic E-state index is -0.0619. The lowest BCUT2D eigenvalue weighted by molar-refractivity contribution is -0.137. The van der Waals surface area contributed by atoms with Crippen molar-refractivity contribution in [3.05, 3.63) is 21.6 Å². The van der Waals surface area contributed by atoms with Crippen LogP contribution in [0.3, 0.4) is 0 Å². The van der Waals surface area contributed by atoms with Gasteiger partial charge in [-0.3, -0.25) is 14.6 Å². The highest BCUT2D eigenvalue weighted by Crippen LogP contribution is 2.44. The van der Waals surface area contributed by atoms with Gasteiger partial charge in [-0.2, -0.15) is 0 Å². The molecule has 1 aromatic rings. The summed E-state index contributed by atoms with van der Waals surface area (Å²) in [7, 11) is 0. The number of carbonyl (C=O) groups excluding carboxylic acids is 1. The molecule has 0 bridgehead atoms. The standard InChI is InChI=1S/C20H28N4O4/c25-17-15-1-3-20(16(15)21-19(22-17)24-8-11-27-12-9-24)4-6-23(7-5-20)18(26)14-2-10-28-13-14/h14H,1-13H2,(H,21,22,25). The Bertz CT molecular complexity index is 803. The van der Waals surface area contributed by atoms with E-state index in [4.69, 9.17) is 14.5 Å². The summed E-state index contributed by atoms with van der Waals surface area (Å²) >= 11 is 0. The predicted octanol–water partition coefficient (Wildman–Crippen LogP) is 0.449. The van der Waals surface area contributed by atoms with Gasteiger partial charge in [-0.15, -0.1) is 0 Å². The number of aromatic nitrogens is 2. The van der Waals surface area contributed by atoms with Gasteiger partial charge in [0.15, 0.2) is 0 Å². The van der Waals surface area contributed by atoms with E-state index in [0.717, 1.165) is 69.5 Å². The highest BCUT2D eigenvalue weighted by atomic mass is 16.5. The molecule has 1 aromatic heterocycles. The van der Waals surface area contributed by atoms with Crippen LogP contribution in [-0.4, -0.2) is 73.4 Å². The highest BCUT2D eigenvalue weighted by Gasteiger charge is 2.45. The van der Waals surface area contributed by atoms with Crippen molar-refractivity contribution in [2.24, 2.45) is 5.92 Å². The summed E-state index contributed by atoms with van der Waals surface area (Å²) in [5.74, 6) is 0.937. The van der Waals surface area contributed by atoms with Gasteiger partial charge >= 0.3 is 0 Å². The van der Waals surface area contributed by atoms with E-state index in [2.05, 4.69) is 9.88 Å². The van der Waals surface area contributed by atoms with Crippen molar-refractivity contribution in [2.45, 2.75) is 37.5 Å². The van der Waals surface area contributed by atoms with Crippen molar-refractivity contribution in [3.63, 3.8) is 0 Å². The van der Waals surface area contributed by atoms with Crippen LogP contribution in [-0.2, 0) is 26.1 Å². The quantitative estimate of drug-likeness (QED) is 0.792. The summed E-state index contributed by atoms with van der Waals surface area (Å²) < 4.78 is 10.8. The highest BCUT2D eigenvalue weighted by molar-refractivity contribution is 5.79. The summed E-state index contributed by atoms with van der Waals surface area (Å²) in [6.45, 7) is 5.57. The van der Waals surface area contributed by atoms with Crippen LogP contribution in [0.5, 0.6) is 0 Å². The van der Waals surface area contributed by atoms with Crippen molar-refractivity contribution in [2.75, 3.05) is 57.5 Å². The second-order valence-electron chi connectivity index (χ2n) is 8.48. The molecule has 5 rings (SSSR count). The fraction of sp³-hybridized carbons (Fsp3) is 0.750.